The predicted molar refractivity (Wildman–Crippen MR) is 108 cm³/mol. The van der Waals surface area contributed by atoms with Crippen LogP contribution in [-0.4, -0.2) is 18.5 Å². The third-order valence-electron chi connectivity index (χ3n) is 4.65. The van der Waals surface area contributed by atoms with Gasteiger partial charge < -0.3 is 15.8 Å². The van der Waals surface area contributed by atoms with E-state index in [1.807, 2.05) is 5.32 Å². The lowest BCUT2D eigenvalue weighted by molar-refractivity contribution is -0.142. The summed E-state index contributed by atoms with van der Waals surface area (Å²) in [6.07, 6.45) is -0.534. The Labute approximate surface area is 174 Å². The van der Waals surface area contributed by atoms with Crippen LogP contribution in [0.4, 0.5) is 28.9 Å². The highest BCUT2D eigenvalue weighted by Crippen LogP contribution is 2.36. The molecule has 162 valence electrons. The molecule has 0 unspecified atom stereocenters. The molecule has 0 atom stereocenters. The molecule has 31 heavy (non-hydrogen) atoms. The molecule has 3 aromatic rings. The number of amides is 1. The zero-order valence-electron chi connectivity index (χ0n) is 16.3. The zero-order chi connectivity index (χ0) is 22.8. The highest BCUT2D eigenvalue weighted by atomic mass is 19.3. The number of benzene rings is 3. The molecule has 9 heteroatoms. The molecule has 3 rings (SSSR count). The number of carbonyl (C=O) groups is 2. The first-order valence-electron chi connectivity index (χ1n) is 9.26. The van der Waals surface area contributed by atoms with Crippen molar-refractivity contribution in [1.82, 2.24) is 0 Å². The van der Waals surface area contributed by atoms with E-state index in [0.29, 0.717) is 0 Å². The Kier molecular flexibility index (Phi) is 6.14. The van der Waals surface area contributed by atoms with Crippen LogP contribution in [0.2, 0.25) is 0 Å². The number of ether oxygens (including phenoxy) is 1. The fourth-order valence-electron chi connectivity index (χ4n) is 3.13. The summed E-state index contributed by atoms with van der Waals surface area (Å²) in [5.74, 6) is -8.54. The zero-order valence-corrected chi connectivity index (χ0v) is 16.3. The van der Waals surface area contributed by atoms with Gasteiger partial charge in [-0.05, 0) is 36.6 Å². The normalized spacial score (nSPS) is 11.4. The van der Waals surface area contributed by atoms with Crippen molar-refractivity contribution in [2.24, 2.45) is 0 Å². The van der Waals surface area contributed by atoms with Gasteiger partial charge in [0, 0.05) is 22.2 Å². The molecule has 1 amide bonds. The molecule has 0 aliphatic rings. The highest BCUT2D eigenvalue weighted by Gasteiger charge is 2.43. The number of anilines is 2. The number of nitrogens with two attached hydrogens (primary N) is 1. The number of carbonyl (C=O) groups excluding carboxylic acids is 2. The molecule has 0 radical (unpaired) electrons. The monoisotopic (exact) mass is 434 g/mol. The van der Waals surface area contributed by atoms with Crippen LogP contribution >= 0.6 is 0 Å². The quantitative estimate of drug-likeness (QED) is 0.339. The number of nitrogen functional groups attached to an aromatic ring is 1. The van der Waals surface area contributed by atoms with Crippen LogP contribution in [0.5, 0.6) is 0 Å². The summed E-state index contributed by atoms with van der Waals surface area (Å²) in [5.41, 5.74) is 3.98. The van der Waals surface area contributed by atoms with Crippen molar-refractivity contribution in [1.29, 1.82) is 0 Å². The molecule has 3 aromatic carbocycles. The fraction of sp³-hybridized carbons (Fsp3) is 0.182. The Bertz CT molecular complexity index is 1160. The van der Waals surface area contributed by atoms with Crippen molar-refractivity contribution in [2.45, 2.75) is 19.3 Å². The lowest BCUT2D eigenvalue weighted by Crippen LogP contribution is -2.33. The van der Waals surface area contributed by atoms with Gasteiger partial charge in [-0.15, -0.1) is 0 Å². The maximum Gasteiger partial charge on any atom is 0.350 e. The topological polar surface area (TPSA) is 81.4 Å². The molecule has 3 N–H and O–H groups in total. The Balaban J connectivity index is 1.94. The van der Waals surface area contributed by atoms with Gasteiger partial charge in [0.05, 0.1) is 18.7 Å². The summed E-state index contributed by atoms with van der Waals surface area (Å²) >= 11 is 0. The average molecular weight is 434 g/mol. The Morgan fingerprint density at radius 1 is 1.03 bits per heavy atom. The number of fused-ring (bicyclic) bond motifs is 1. The van der Waals surface area contributed by atoms with Gasteiger partial charge in [0.2, 0.25) is 0 Å². The van der Waals surface area contributed by atoms with E-state index in [0.717, 1.165) is 18.2 Å². The molecule has 0 aromatic heterocycles. The van der Waals surface area contributed by atoms with E-state index in [9.17, 15) is 27.2 Å². The van der Waals surface area contributed by atoms with Gasteiger partial charge in [-0.2, -0.15) is 8.78 Å². The average Bonchev–Trinajstić information content (AvgIpc) is 2.73. The van der Waals surface area contributed by atoms with Gasteiger partial charge in [0.1, 0.15) is 5.82 Å². The summed E-state index contributed by atoms with van der Waals surface area (Å²) in [6, 6.07) is 9.31. The van der Waals surface area contributed by atoms with Gasteiger partial charge in [-0.1, -0.05) is 24.3 Å². The van der Waals surface area contributed by atoms with Crippen molar-refractivity contribution < 1.29 is 31.9 Å². The van der Waals surface area contributed by atoms with Crippen LogP contribution < -0.4 is 11.1 Å². The molecule has 0 heterocycles. The van der Waals surface area contributed by atoms with Crippen molar-refractivity contribution in [3.8, 4) is 0 Å². The largest absolute Gasteiger partial charge is 0.466 e. The maximum absolute atomic E-state index is 15.0. The summed E-state index contributed by atoms with van der Waals surface area (Å²) in [7, 11) is 0. The smallest absolute Gasteiger partial charge is 0.350 e. The van der Waals surface area contributed by atoms with Crippen LogP contribution in [0.1, 0.15) is 18.1 Å². The molecular weight excluding hydrogens is 416 g/mol. The second-order valence-electron chi connectivity index (χ2n) is 6.65. The molecule has 0 spiro atoms. The molecule has 5 nitrogen and oxygen atoms in total. The minimum atomic E-state index is -4.11. The number of alkyl halides is 2. The number of halogens is 4. The third kappa shape index (κ3) is 4.30. The van der Waals surface area contributed by atoms with Crippen molar-refractivity contribution in [3.05, 3.63) is 71.3 Å². The molecule has 0 bridgehead atoms. The SMILES string of the molecule is CCOC(=O)Cc1c(N)ccc(NC(=O)C(F)(F)c2ccc(F)c3ccccc23)c1F. The van der Waals surface area contributed by atoms with Crippen LogP contribution in [0.15, 0.2) is 48.5 Å². The molecule has 0 aliphatic heterocycles. The minimum Gasteiger partial charge on any atom is -0.466 e. The van der Waals surface area contributed by atoms with Crippen LogP contribution in [-0.2, 0) is 26.7 Å². The highest BCUT2D eigenvalue weighted by molar-refractivity contribution is 6.00. The molecule has 0 fully saturated rings. The van der Waals surface area contributed by atoms with E-state index in [1.165, 1.54) is 30.3 Å². The first-order chi connectivity index (χ1) is 14.7. The van der Waals surface area contributed by atoms with E-state index in [4.69, 9.17) is 10.5 Å². The van der Waals surface area contributed by atoms with Gasteiger partial charge in [-0.25, -0.2) is 8.78 Å². The summed E-state index contributed by atoms with van der Waals surface area (Å²) < 4.78 is 63.4. The second kappa shape index (κ2) is 8.63. The Morgan fingerprint density at radius 2 is 1.71 bits per heavy atom. The number of esters is 1. The third-order valence-corrected chi connectivity index (χ3v) is 4.65. The van der Waals surface area contributed by atoms with Gasteiger partial charge in [0.25, 0.3) is 5.91 Å². The van der Waals surface area contributed by atoms with Crippen molar-refractivity contribution in [3.63, 3.8) is 0 Å². The molecule has 0 saturated heterocycles. The van der Waals surface area contributed by atoms with Crippen molar-refractivity contribution in [2.75, 3.05) is 17.7 Å². The number of hydrogen-bond donors (Lipinski definition) is 2. The van der Waals surface area contributed by atoms with E-state index in [1.54, 1.807) is 6.92 Å². The summed E-state index contributed by atoms with van der Waals surface area (Å²) in [6.45, 7) is 1.63. The number of nitrogens with one attached hydrogen (secondary N) is 1. The molecule has 0 aliphatic carbocycles. The van der Waals surface area contributed by atoms with E-state index >= 15 is 0 Å². The lowest BCUT2D eigenvalue weighted by Gasteiger charge is -2.19. The fourth-order valence-corrected chi connectivity index (χ4v) is 3.13. The number of hydrogen-bond acceptors (Lipinski definition) is 4. The van der Waals surface area contributed by atoms with E-state index < -0.39 is 47.1 Å². The number of rotatable bonds is 6. The first kappa shape index (κ1) is 22.1. The van der Waals surface area contributed by atoms with Gasteiger partial charge in [0.15, 0.2) is 5.82 Å². The minimum absolute atomic E-state index is 0.0641. The maximum atomic E-state index is 15.0. The van der Waals surface area contributed by atoms with Crippen LogP contribution in [0, 0.1) is 11.6 Å². The Hall–Kier alpha value is -3.62. The standard InChI is InChI=1S/C22H18F4N2O3/c1-2-31-19(29)11-14-17(27)9-10-18(20(14)24)28-21(30)22(25,26)15-7-8-16(23)13-6-4-3-5-12(13)15/h3-10H,2,11,27H2,1H3,(H,28,30). The van der Waals surface area contributed by atoms with Crippen LogP contribution in [0.25, 0.3) is 10.8 Å². The molecule has 0 saturated carbocycles. The van der Waals surface area contributed by atoms with Crippen molar-refractivity contribution >= 4 is 34.0 Å². The summed E-state index contributed by atoms with van der Waals surface area (Å²) in [4.78, 5) is 24.1. The Morgan fingerprint density at radius 3 is 2.39 bits per heavy atom. The predicted octanol–water partition coefficient (Wildman–Crippen LogP) is 4.54. The van der Waals surface area contributed by atoms with Gasteiger partial charge >= 0.3 is 11.9 Å². The van der Waals surface area contributed by atoms with E-state index in [-0.39, 0.29) is 28.6 Å². The van der Waals surface area contributed by atoms with E-state index in [2.05, 4.69) is 0 Å². The molecular formula is C22H18F4N2O3. The second-order valence-corrected chi connectivity index (χ2v) is 6.65. The lowest BCUT2D eigenvalue weighted by atomic mass is 9.98. The summed E-state index contributed by atoms with van der Waals surface area (Å²) in [5, 5.41) is 1.61. The van der Waals surface area contributed by atoms with Crippen LogP contribution in [0.3, 0.4) is 0 Å². The first-order valence-corrected chi connectivity index (χ1v) is 9.26. The van der Waals surface area contributed by atoms with Gasteiger partial charge in [-0.3, -0.25) is 9.59 Å².